The van der Waals surface area contributed by atoms with Gasteiger partial charge in [-0.05, 0) is 30.4 Å². The Bertz CT molecular complexity index is 463. The summed E-state index contributed by atoms with van der Waals surface area (Å²) in [5.41, 5.74) is 9.57. The first-order valence-electron chi connectivity index (χ1n) is 5.80. The minimum absolute atomic E-state index is 0.169. The third-order valence-corrected chi connectivity index (χ3v) is 3.76. The van der Waals surface area contributed by atoms with Gasteiger partial charge in [-0.3, -0.25) is 4.79 Å². The molecule has 1 aliphatic carbocycles. The highest BCUT2D eigenvalue weighted by Crippen LogP contribution is 2.48. The number of amides is 1. The van der Waals surface area contributed by atoms with Gasteiger partial charge in [0.2, 0.25) is 5.91 Å². The molecule has 3 nitrogen and oxygen atoms in total. The van der Waals surface area contributed by atoms with Crippen molar-refractivity contribution >= 4 is 11.6 Å². The first kappa shape index (κ1) is 9.85. The van der Waals surface area contributed by atoms with Crippen LogP contribution in [0.5, 0.6) is 0 Å². The lowest BCUT2D eigenvalue weighted by molar-refractivity contribution is -0.118. The third-order valence-electron chi connectivity index (χ3n) is 3.76. The third kappa shape index (κ3) is 1.28. The van der Waals surface area contributed by atoms with Crippen molar-refractivity contribution in [2.24, 2.45) is 5.73 Å². The molecule has 84 valence electrons. The molecule has 3 rings (SSSR count). The van der Waals surface area contributed by atoms with Gasteiger partial charge in [-0.25, -0.2) is 0 Å². The SMILES string of the molecule is CN1C(=O)CCc2cccc(C3(N)CC3)c21. The largest absolute Gasteiger partial charge is 0.321 e. The Labute approximate surface area is 95.2 Å². The van der Waals surface area contributed by atoms with Crippen LogP contribution in [0, 0.1) is 0 Å². The van der Waals surface area contributed by atoms with Gasteiger partial charge in [0, 0.05) is 19.0 Å². The molecule has 3 heteroatoms. The summed E-state index contributed by atoms with van der Waals surface area (Å²) < 4.78 is 0. The number of hydrogen-bond donors (Lipinski definition) is 1. The van der Waals surface area contributed by atoms with E-state index in [1.54, 1.807) is 4.90 Å². The molecule has 0 unspecified atom stereocenters. The van der Waals surface area contributed by atoms with Crippen molar-refractivity contribution in [3.63, 3.8) is 0 Å². The van der Waals surface area contributed by atoms with Crippen LogP contribution in [0.4, 0.5) is 5.69 Å². The lowest BCUT2D eigenvalue weighted by Gasteiger charge is -2.30. The summed E-state index contributed by atoms with van der Waals surface area (Å²) in [6.45, 7) is 0. The number of hydrogen-bond acceptors (Lipinski definition) is 2. The van der Waals surface area contributed by atoms with Crippen LogP contribution in [0.2, 0.25) is 0 Å². The van der Waals surface area contributed by atoms with E-state index < -0.39 is 0 Å². The second-order valence-electron chi connectivity index (χ2n) is 4.92. The molecule has 1 aromatic rings. The smallest absolute Gasteiger partial charge is 0.227 e. The van der Waals surface area contributed by atoms with E-state index in [4.69, 9.17) is 5.73 Å². The monoisotopic (exact) mass is 216 g/mol. The molecule has 0 atom stereocenters. The van der Waals surface area contributed by atoms with Crippen molar-refractivity contribution in [1.29, 1.82) is 0 Å². The summed E-state index contributed by atoms with van der Waals surface area (Å²) in [5, 5.41) is 0. The predicted octanol–water partition coefficient (Wildman–Crippen LogP) is 1.54. The fourth-order valence-corrected chi connectivity index (χ4v) is 2.53. The van der Waals surface area contributed by atoms with Gasteiger partial charge in [0.05, 0.1) is 5.69 Å². The van der Waals surface area contributed by atoms with Crippen molar-refractivity contribution in [1.82, 2.24) is 0 Å². The molecule has 1 fully saturated rings. The van der Waals surface area contributed by atoms with Gasteiger partial charge in [-0.15, -0.1) is 0 Å². The van der Waals surface area contributed by atoms with Crippen LogP contribution >= 0.6 is 0 Å². The Kier molecular flexibility index (Phi) is 1.89. The molecule has 1 aliphatic heterocycles. The number of carbonyl (C=O) groups is 1. The molecule has 1 amide bonds. The minimum atomic E-state index is -0.169. The van der Waals surface area contributed by atoms with Crippen LogP contribution in [0.25, 0.3) is 0 Å². The van der Waals surface area contributed by atoms with Gasteiger partial charge in [-0.1, -0.05) is 18.2 Å². The number of anilines is 1. The Balaban J connectivity index is 2.17. The Morgan fingerprint density at radius 2 is 2.06 bits per heavy atom. The van der Waals surface area contributed by atoms with E-state index in [-0.39, 0.29) is 11.4 Å². The molecule has 0 radical (unpaired) electrons. The van der Waals surface area contributed by atoms with E-state index >= 15 is 0 Å². The summed E-state index contributed by atoms with van der Waals surface area (Å²) in [6.07, 6.45) is 3.53. The summed E-state index contributed by atoms with van der Waals surface area (Å²) >= 11 is 0. The molecule has 2 aliphatic rings. The molecule has 0 bridgehead atoms. The molecular weight excluding hydrogens is 200 g/mol. The maximum Gasteiger partial charge on any atom is 0.227 e. The first-order chi connectivity index (χ1) is 7.62. The Morgan fingerprint density at radius 1 is 1.31 bits per heavy atom. The normalized spacial score (nSPS) is 21.9. The fraction of sp³-hybridized carbons (Fsp3) is 0.462. The number of para-hydroxylation sites is 1. The van der Waals surface area contributed by atoms with Crippen molar-refractivity contribution in [3.8, 4) is 0 Å². The quantitative estimate of drug-likeness (QED) is 0.774. The maximum absolute atomic E-state index is 11.7. The van der Waals surface area contributed by atoms with E-state index in [2.05, 4.69) is 18.2 Å². The Hall–Kier alpha value is -1.35. The molecule has 0 aromatic heterocycles. The predicted molar refractivity (Wildman–Crippen MR) is 63.3 cm³/mol. The van der Waals surface area contributed by atoms with Crippen LogP contribution < -0.4 is 10.6 Å². The average Bonchev–Trinajstić information content (AvgIpc) is 3.03. The first-order valence-corrected chi connectivity index (χ1v) is 5.80. The molecule has 0 spiro atoms. The Morgan fingerprint density at radius 3 is 2.75 bits per heavy atom. The van der Waals surface area contributed by atoms with Crippen molar-refractivity contribution in [3.05, 3.63) is 29.3 Å². The van der Waals surface area contributed by atoms with E-state index in [0.717, 1.165) is 30.5 Å². The van der Waals surface area contributed by atoms with Crippen molar-refractivity contribution < 1.29 is 4.79 Å². The number of nitrogens with two attached hydrogens (primary N) is 1. The highest BCUT2D eigenvalue weighted by Gasteiger charge is 2.43. The summed E-state index contributed by atoms with van der Waals surface area (Å²) in [7, 11) is 1.86. The molecule has 2 N–H and O–H groups in total. The van der Waals surface area contributed by atoms with E-state index in [1.165, 1.54) is 5.56 Å². The van der Waals surface area contributed by atoms with Gasteiger partial charge in [0.1, 0.15) is 0 Å². The number of aryl methyl sites for hydroxylation is 1. The highest BCUT2D eigenvalue weighted by atomic mass is 16.2. The topological polar surface area (TPSA) is 46.3 Å². The molecule has 0 saturated heterocycles. The fourth-order valence-electron chi connectivity index (χ4n) is 2.53. The van der Waals surface area contributed by atoms with Crippen LogP contribution in [-0.4, -0.2) is 13.0 Å². The number of rotatable bonds is 1. The molecule has 1 saturated carbocycles. The van der Waals surface area contributed by atoms with Gasteiger partial charge >= 0.3 is 0 Å². The van der Waals surface area contributed by atoms with Gasteiger partial charge in [0.15, 0.2) is 0 Å². The second kappa shape index (κ2) is 3.08. The molecule has 1 heterocycles. The van der Waals surface area contributed by atoms with Crippen LogP contribution in [0.3, 0.4) is 0 Å². The summed E-state index contributed by atoms with van der Waals surface area (Å²) in [4.78, 5) is 13.5. The number of fused-ring (bicyclic) bond motifs is 1. The van der Waals surface area contributed by atoms with Gasteiger partial charge in [0.25, 0.3) is 0 Å². The number of nitrogens with zero attached hydrogens (tertiary/aromatic N) is 1. The number of carbonyl (C=O) groups excluding carboxylic acids is 1. The number of benzene rings is 1. The lowest BCUT2D eigenvalue weighted by Crippen LogP contribution is -2.34. The van der Waals surface area contributed by atoms with E-state index in [9.17, 15) is 4.79 Å². The highest BCUT2D eigenvalue weighted by molar-refractivity contribution is 5.97. The zero-order valence-electron chi connectivity index (χ0n) is 9.49. The van der Waals surface area contributed by atoms with Crippen molar-refractivity contribution in [2.75, 3.05) is 11.9 Å². The zero-order valence-corrected chi connectivity index (χ0v) is 9.49. The van der Waals surface area contributed by atoms with Crippen LogP contribution in [0.1, 0.15) is 30.4 Å². The average molecular weight is 216 g/mol. The second-order valence-corrected chi connectivity index (χ2v) is 4.92. The maximum atomic E-state index is 11.7. The van der Waals surface area contributed by atoms with Crippen LogP contribution in [0.15, 0.2) is 18.2 Å². The summed E-state index contributed by atoms with van der Waals surface area (Å²) in [6, 6.07) is 6.24. The lowest BCUT2D eigenvalue weighted by atomic mass is 9.93. The molecular formula is C13H16N2O. The molecule has 1 aromatic carbocycles. The molecule has 16 heavy (non-hydrogen) atoms. The minimum Gasteiger partial charge on any atom is -0.321 e. The van der Waals surface area contributed by atoms with Crippen molar-refractivity contribution in [2.45, 2.75) is 31.2 Å². The van der Waals surface area contributed by atoms with Crippen LogP contribution in [-0.2, 0) is 16.8 Å². The zero-order chi connectivity index (χ0) is 11.3. The van der Waals surface area contributed by atoms with Gasteiger partial charge < -0.3 is 10.6 Å². The van der Waals surface area contributed by atoms with E-state index in [0.29, 0.717) is 6.42 Å². The van der Waals surface area contributed by atoms with E-state index in [1.807, 2.05) is 7.05 Å². The standard InChI is InChI=1S/C13H16N2O/c1-15-11(16)6-5-9-3-2-4-10(12(9)15)13(14)7-8-13/h2-4H,5-8,14H2,1H3. The van der Waals surface area contributed by atoms with Gasteiger partial charge in [-0.2, -0.15) is 0 Å². The summed E-state index contributed by atoms with van der Waals surface area (Å²) in [5.74, 6) is 0.198.